The Morgan fingerprint density at radius 2 is 2.17 bits per heavy atom. The maximum absolute atomic E-state index is 12.4. The van der Waals surface area contributed by atoms with Crippen molar-refractivity contribution in [2.75, 3.05) is 13.2 Å². The highest BCUT2D eigenvalue weighted by molar-refractivity contribution is 5.92. The van der Waals surface area contributed by atoms with Crippen molar-refractivity contribution < 1.29 is 14.1 Å². The SMILES string of the molecule is CC(C)c1noc([C@H](NC(=O)c2ccn[nH]2)C2CCOCC2)n1. The van der Waals surface area contributed by atoms with Gasteiger partial charge in [-0.25, -0.2) is 0 Å². The summed E-state index contributed by atoms with van der Waals surface area (Å²) in [4.78, 5) is 16.8. The molecule has 1 aliphatic rings. The fourth-order valence-electron chi connectivity index (χ4n) is 2.64. The Balaban J connectivity index is 1.81. The third kappa shape index (κ3) is 3.58. The van der Waals surface area contributed by atoms with E-state index in [0.29, 0.717) is 30.6 Å². The van der Waals surface area contributed by atoms with Crippen LogP contribution in [-0.4, -0.2) is 39.5 Å². The Kier molecular flexibility index (Phi) is 4.71. The molecule has 23 heavy (non-hydrogen) atoms. The fourth-order valence-corrected chi connectivity index (χ4v) is 2.64. The average Bonchev–Trinajstić information content (AvgIpc) is 3.24. The van der Waals surface area contributed by atoms with E-state index in [0.717, 1.165) is 12.8 Å². The van der Waals surface area contributed by atoms with Crippen LogP contribution in [0, 0.1) is 5.92 Å². The van der Waals surface area contributed by atoms with Gasteiger partial charge in [-0.15, -0.1) is 0 Å². The summed E-state index contributed by atoms with van der Waals surface area (Å²) in [6.07, 6.45) is 3.22. The number of aromatic amines is 1. The monoisotopic (exact) mass is 319 g/mol. The normalized spacial score (nSPS) is 17.3. The van der Waals surface area contributed by atoms with E-state index in [-0.39, 0.29) is 23.8 Å². The Morgan fingerprint density at radius 3 is 2.78 bits per heavy atom. The number of amides is 1. The first-order chi connectivity index (χ1) is 11.1. The molecule has 0 spiro atoms. The van der Waals surface area contributed by atoms with Gasteiger partial charge in [0.1, 0.15) is 11.7 Å². The summed E-state index contributed by atoms with van der Waals surface area (Å²) in [7, 11) is 0. The molecule has 0 unspecified atom stereocenters. The topological polar surface area (TPSA) is 106 Å². The van der Waals surface area contributed by atoms with Crippen molar-refractivity contribution in [2.24, 2.45) is 5.92 Å². The maximum atomic E-state index is 12.4. The Bertz CT molecular complexity index is 631. The highest BCUT2D eigenvalue weighted by atomic mass is 16.5. The van der Waals surface area contributed by atoms with Gasteiger partial charge in [0.25, 0.3) is 5.91 Å². The number of rotatable bonds is 5. The summed E-state index contributed by atoms with van der Waals surface area (Å²) in [5.74, 6) is 1.24. The van der Waals surface area contributed by atoms with E-state index in [1.54, 1.807) is 12.3 Å². The lowest BCUT2D eigenvalue weighted by Crippen LogP contribution is -2.36. The molecule has 0 saturated carbocycles. The van der Waals surface area contributed by atoms with Gasteiger partial charge in [0.15, 0.2) is 5.82 Å². The third-order valence-corrected chi connectivity index (χ3v) is 4.01. The molecule has 3 rings (SSSR count). The molecule has 8 nitrogen and oxygen atoms in total. The summed E-state index contributed by atoms with van der Waals surface area (Å²) >= 11 is 0. The standard InChI is InChI=1S/C15H21N5O3/c1-9(2)13-18-15(23-20-13)12(10-4-7-22-8-5-10)17-14(21)11-3-6-16-19-11/h3,6,9-10,12H,4-5,7-8H2,1-2H3,(H,16,19)(H,17,21)/t12-/m1/s1. The van der Waals surface area contributed by atoms with Crippen molar-refractivity contribution >= 4 is 5.91 Å². The number of ether oxygens (including phenoxy) is 1. The smallest absolute Gasteiger partial charge is 0.269 e. The van der Waals surface area contributed by atoms with Gasteiger partial charge < -0.3 is 14.6 Å². The summed E-state index contributed by atoms with van der Waals surface area (Å²) < 4.78 is 10.8. The van der Waals surface area contributed by atoms with Crippen LogP contribution >= 0.6 is 0 Å². The van der Waals surface area contributed by atoms with Crippen molar-refractivity contribution in [1.82, 2.24) is 25.7 Å². The molecular formula is C15H21N5O3. The number of H-pyrrole nitrogens is 1. The molecule has 0 bridgehead atoms. The molecule has 1 fully saturated rings. The fraction of sp³-hybridized carbons (Fsp3) is 0.600. The summed E-state index contributed by atoms with van der Waals surface area (Å²) in [5, 5.41) is 13.5. The highest BCUT2D eigenvalue weighted by Gasteiger charge is 2.32. The van der Waals surface area contributed by atoms with E-state index in [4.69, 9.17) is 9.26 Å². The van der Waals surface area contributed by atoms with Crippen LogP contribution in [0.4, 0.5) is 0 Å². The minimum Gasteiger partial charge on any atom is -0.381 e. The largest absolute Gasteiger partial charge is 0.381 e. The predicted molar refractivity (Wildman–Crippen MR) is 80.7 cm³/mol. The second-order valence-electron chi connectivity index (χ2n) is 6.02. The van der Waals surface area contributed by atoms with Crippen LogP contribution in [-0.2, 0) is 4.74 Å². The van der Waals surface area contributed by atoms with Gasteiger partial charge in [-0.05, 0) is 24.8 Å². The van der Waals surface area contributed by atoms with E-state index in [1.165, 1.54) is 0 Å². The van der Waals surface area contributed by atoms with Gasteiger partial charge in [-0.2, -0.15) is 10.1 Å². The second kappa shape index (κ2) is 6.91. The van der Waals surface area contributed by atoms with Gasteiger partial charge in [0, 0.05) is 25.3 Å². The lowest BCUT2D eigenvalue weighted by Gasteiger charge is -2.28. The van der Waals surface area contributed by atoms with E-state index < -0.39 is 0 Å². The molecule has 1 aliphatic heterocycles. The Labute approximate surface area is 134 Å². The van der Waals surface area contributed by atoms with Crippen LogP contribution in [0.3, 0.4) is 0 Å². The number of carbonyl (C=O) groups is 1. The van der Waals surface area contributed by atoms with Crippen molar-refractivity contribution in [3.05, 3.63) is 29.7 Å². The molecule has 2 aromatic rings. The molecule has 124 valence electrons. The van der Waals surface area contributed by atoms with E-state index in [1.807, 2.05) is 13.8 Å². The van der Waals surface area contributed by atoms with Gasteiger partial charge in [-0.3, -0.25) is 9.89 Å². The number of nitrogens with zero attached hydrogens (tertiary/aromatic N) is 3. The van der Waals surface area contributed by atoms with Gasteiger partial charge >= 0.3 is 0 Å². The van der Waals surface area contributed by atoms with Crippen molar-refractivity contribution in [3.8, 4) is 0 Å². The van der Waals surface area contributed by atoms with E-state index in [9.17, 15) is 4.79 Å². The van der Waals surface area contributed by atoms with Gasteiger partial charge in [0.2, 0.25) is 5.89 Å². The number of hydrogen-bond acceptors (Lipinski definition) is 6. The molecule has 2 aromatic heterocycles. The molecule has 3 heterocycles. The van der Waals surface area contributed by atoms with Crippen molar-refractivity contribution in [2.45, 2.75) is 38.6 Å². The van der Waals surface area contributed by atoms with Crippen LogP contribution in [0.2, 0.25) is 0 Å². The molecule has 1 amide bonds. The van der Waals surface area contributed by atoms with Crippen LogP contribution < -0.4 is 5.32 Å². The van der Waals surface area contributed by atoms with E-state index >= 15 is 0 Å². The lowest BCUT2D eigenvalue weighted by molar-refractivity contribution is 0.0467. The Hall–Kier alpha value is -2.22. The number of nitrogens with one attached hydrogen (secondary N) is 2. The van der Waals surface area contributed by atoms with E-state index in [2.05, 4.69) is 25.7 Å². The van der Waals surface area contributed by atoms with Crippen LogP contribution in [0.15, 0.2) is 16.8 Å². The minimum atomic E-state index is -0.324. The number of carbonyl (C=O) groups excluding carboxylic acids is 1. The molecule has 1 saturated heterocycles. The lowest BCUT2D eigenvalue weighted by atomic mass is 9.91. The van der Waals surface area contributed by atoms with Crippen LogP contribution in [0.1, 0.15) is 60.9 Å². The third-order valence-electron chi connectivity index (χ3n) is 4.01. The average molecular weight is 319 g/mol. The predicted octanol–water partition coefficient (Wildman–Crippen LogP) is 1.81. The first-order valence-electron chi connectivity index (χ1n) is 7.86. The molecule has 0 radical (unpaired) electrons. The van der Waals surface area contributed by atoms with Crippen molar-refractivity contribution in [1.29, 1.82) is 0 Å². The minimum absolute atomic E-state index is 0.172. The highest BCUT2D eigenvalue weighted by Crippen LogP contribution is 2.30. The van der Waals surface area contributed by atoms with Gasteiger partial charge in [0.05, 0.1) is 0 Å². The zero-order valence-corrected chi connectivity index (χ0v) is 13.3. The zero-order valence-electron chi connectivity index (χ0n) is 13.3. The summed E-state index contributed by atoms with van der Waals surface area (Å²) in [6, 6.07) is 1.30. The molecule has 8 heteroatoms. The molecule has 0 aromatic carbocycles. The summed E-state index contributed by atoms with van der Waals surface area (Å²) in [5.41, 5.74) is 0.408. The van der Waals surface area contributed by atoms with Gasteiger partial charge in [-0.1, -0.05) is 19.0 Å². The molecule has 1 atom stereocenters. The maximum Gasteiger partial charge on any atom is 0.269 e. The number of hydrogen-bond donors (Lipinski definition) is 2. The first-order valence-corrected chi connectivity index (χ1v) is 7.86. The first kappa shape index (κ1) is 15.7. The molecular weight excluding hydrogens is 298 g/mol. The second-order valence-corrected chi connectivity index (χ2v) is 6.02. The molecule has 2 N–H and O–H groups in total. The Morgan fingerprint density at radius 1 is 1.39 bits per heavy atom. The molecule has 0 aliphatic carbocycles. The van der Waals surface area contributed by atoms with Crippen LogP contribution in [0.25, 0.3) is 0 Å². The van der Waals surface area contributed by atoms with Crippen molar-refractivity contribution in [3.63, 3.8) is 0 Å². The zero-order chi connectivity index (χ0) is 16.2. The van der Waals surface area contributed by atoms with Crippen LogP contribution in [0.5, 0.6) is 0 Å². The quantitative estimate of drug-likeness (QED) is 0.870. The summed E-state index contributed by atoms with van der Waals surface area (Å²) in [6.45, 7) is 5.35. The number of aromatic nitrogens is 4.